The average Bonchev–Trinajstić information content (AvgIpc) is 3.34. The van der Waals surface area contributed by atoms with Gasteiger partial charge in [0.15, 0.2) is 0 Å². The second kappa shape index (κ2) is 5.70. The first-order valence-corrected chi connectivity index (χ1v) is 11.0. The van der Waals surface area contributed by atoms with Gasteiger partial charge in [0.05, 0.1) is 33.3 Å². The standard InChI is InChI=1S/C23H15Br2NO3/c24-22-14-7-1-2-8-15(14)23(25,17-10-4-3-9-16(17)22)19-18(22)20(27)26(21(19)28)12-13-6-5-11-29-13/h1-11,18-19H,12H2/t18-,19-,22?,23?/m1/s1. The zero-order valence-electron chi connectivity index (χ0n) is 15.1. The Morgan fingerprint density at radius 3 is 1.59 bits per heavy atom. The van der Waals surface area contributed by atoms with Crippen molar-refractivity contribution in [2.24, 2.45) is 11.8 Å². The summed E-state index contributed by atoms with van der Waals surface area (Å²) in [5.74, 6) is -0.801. The van der Waals surface area contributed by atoms with Crippen molar-refractivity contribution >= 4 is 43.7 Å². The minimum absolute atomic E-state index is 0.149. The largest absolute Gasteiger partial charge is 0.467 e. The number of alkyl halides is 2. The average molecular weight is 513 g/mol. The maximum atomic E-state index is 13.6. The molecular formula is C23H15Br2NO3. The molecule has 0 unspecified atom stereocenters. The Hall–Kier alpha value is -2.18. The van der Waals surface area contributed by atoms with Gasteiger partial charge in [-0.2, -0.15) is 0 Å². The van der Waals surface area contributed by atoms with Gasteiger partial charge in [-0.05, 0) is 34.4 Å². The Morgan fingerprint density at radius 2 is 1.21 bits per heavy atom. The lowest BCUT2D eigenvalue weighted by Gasteiger charge is -2.55. The summed E-state index contributed by atoms with van der Waals surface area (Å²) >= 11 is 7.98. The number of likely N-dealkylation sites (tertiary alicyclic amines) is 1. The number of hydrogen-bond acceptors (Lipinski definition) is 3. The molecule has 2 bridgehead atoms. The molecule has 7 rings (SSSR count). The third kappa shape index (κ3) is 1.94. The topological polar surface area (TPSA) is 50.5 Å². The van der Waals surface area contributed by atoms with Crippen LogP contribution in [0.2, 0.25) is 0 Å². The van der Waals surface area contributed by atoms with Gasteiger partial charge in [0, 0.05) is 0 Å². The molecule has 29 heavy (non-hydrogen) atoms. The number of furan rings is 1. The van der Waals surface area contributed by atoms with Crippen LogP contribution in [0, 0.1) is 11.8 Å². The van der Waals surface area contributed by atoms with Crippen LogP contribution in [0.3, 0.4) is 0 Å². The van der Waals surface area contributed by atoms with Crippen molar-refractivity contribution < 1.29 is 14.0 Å². The van der Waals surface area contributed by atoms with Crippen LogP contribution in [0.1, 0.15) is 28.0 Å². The minimum atomic E-state index is -0.745. The molecule has 3 aliphatic carbocycles. The summed E-state index contributed by atoms with van der Waals surface area (Å²) in [7, 11) is 0. The number of benzene rings is 2. The summed E-state index contributed by atoms with van der Waals surface area (Å²) in [5.41, 5.74) is 4.16. The van der Waals surface area contributed by atoms with Crippen LogP contribution in [0.4, 0.5) is 0 Å². The van der Waals surface area contributed by atoms with Gasteiger partial charge in [0.1, 0.15) is 5.76 Å². The Bertz CT molecular complexity index is 1060. The number of halogens is 2. The van der Waals surface area contributed by atoms with Crippen LogP contribution in [0.25, 0.3) is 0 Å². The Morgan fingerprint density at radius 1 is 0.759 bits per heavy atom. The molecule has 3 aromatic rings. The van der Waals surface area contributed by atoms with E-state index in [2.05, 4.69) is 56.1 Å². The molecule has 1 aliphatic heterocycles. The van der Waals surface area contributed by atoms with Gasteiger partial charge < -0.3 is 4.42 Å². The summed E-state index contributed by atoms with van der Waals surface area (Å²) < 4.78 is 3.93. The third-order valence-electron chi connectivity index (χ3n) is 6.57. The predicted octanol–water partition coefficient (Wildman–Crippen LogP) is 4.69. The predicted molar refractivity (Wildman–Crippen MR) is 114 cm³/mol. The molecule has 1 aromatic heterocycles. The van der Waals surface area contributed by atoms with Crippen molar-refractivity contribution in [3.05, 3.63) is 94.9 Å². The number of nitrogens with zero attached hydrogens (tertiary/aromatic N) is 1. The van der Waals surface area contributed by atoms with Crippen LogP contribution in [-0.4, -0.2) is 16.7 Å². The van der Waals surface area contributed by atoms with Crippen LogP contribution in [0.15, 0.2) is 71.3 Å². The van der Waals surface area contributed by atoms with Crippen molar-refractivity contribution in [3.63, 3.8) is 0 Å². The zero-order valence-corrected chi connectivity index (χ0v) is 18.3. The normalized spacial score (nSPS) is 31.6. The lowest BCUT2D eigenvalue weighted by molar-refractivity contribution is -0.141. The first-order chi connectivity index (χ1) is 14.0. The second-order valence-electron chi connectivity index (χ2n) is 7.81. The van der Waals surface area contributed by atoms with Gasteiger partial charge in [-0.3, -0.25) is 14.5 Å². The van der Waals surface area contributed by atoms with Crippen molar-refractivity contribution in [1.29, 1.82) is 0 Å². The van der Waals surface area contributed by atoms with Gasteiger partial charge in [-0.1, -0.05) is 80.4 Å². The minimum Gasteiger partial charge on any atom is -0.467 e. The Kier molecular flexibility index (Phi) is 3.47. The van der Waals surface area contributed by atoms with E-state index in [9.17, 15) is 9.59 Å². The highest BCUT2D eigenvalue weighted by Gasteiger charge is 2.72. The first-order valence-electron chi connectivity index (χ1n) is 9.44. The monoisotopic (exact) mass is 511 g/mol. The maximum absolute atomic E-state index is 13.6. The number of carbonyl (C=O) groups excluding carboxylic acids is 2. The molecule has 1 saturated heterocycles. The number of amides is 2. The van der Waals surface area contributed by atoms with Gasteiger partial charge >= 0.3 is 0 Å². The third-order valence-corrected chi connectivity index (χ3v) is 9.27. The first kappa shape index (κ1) is 17.7. The van der Waals surface area contributed by atoms with E-state index >= 15 is 0 Å². The van der Waals surface area contributed by atoms with Crippen molar-refractivity contribution in [2.75, 3.05) is 0 Å². The lowest BCUT2D eigenvalue weighted by Crippen LogP contribution is -2.56. The molecule has 0 radical (unpaired) electrons. The number of hydrogen-bond donors (Lipinski definition) is 0. The smallest absolute Gasteiger partial charge is 0.235 e. The highest BCUT2D eigenvalue weighted by Crippen LogP contribution is 2.70. The summed E-state index contributed by atoms with van der Waals surface area (Å²) in [6.07, 6.45) is 1.56. The fourth-order valence-corrected chi connectivity index (χ4v) is 7.74. The Labute approximate surface area is 184 Å². The summed E-state index contributed by atoms with van der Waals surface area (Å²) in [5, 5.41) is 0. The van der Waals surface area contributed by atoms with Crippen LogP contribution < -0.4 is 0 Å². The molecule has 2 amide bonds. The zero-order chi connectivity index (χ0) is 20.0. The van der Waals surface area contributed by atoms with E-state index in [0.29, 0.717) is 5.76 Å². The SMILES string of the molecule is O=C1[C@H]2[C@H](C(=O)N1Cc1ccco1)C1(Br)c3ccccc3C2(Br)c2ccccc21. The fraction of sp³-hybridized carbons (Fsp3) is 0.217. The van der Waals surface area contributed by atoms with Crippen molar-refractivity contribution in [1.82, 2.24) is 4.90 Å². The number of rotatable bonds is 2. The van der Waals surface area contributed by atoms with E-state index in [1.807, 2.05) is 24.3 Å². The second-order valence-corrected chi connectivity index (χ2v) is 10.3. The van der Waals surface area contributed by atoms with Crippen LogP contribution in [-0.2, 0) is 24.8 Å². The highest BCUT2D eigenvalue weighted by atomic mass is 79.9. The van der Waals surface area contributed by atoms with Crippen molar-refractivity contribution in [2.45, 2.75) is 15.2 Å². The molecule has 0 N–H and O–H groups in total. The molecule has 1 fully saturated rings. The molecule has 2 atom stereocenters. The summed E-state index contributed by atoms with van der Waals surface area (Å²) in [6.45, 7) is 0.149. The molecule has 6 heteroatoms. The fourth-order valence-electron chi connectivity index (χ4n) is 5.44. The molecular weight excluding hydrogens is 498 g/mol. The van der Waals surface area contributed by atoms with Crippen molar-refractivity contribution in [3.8, 4) is 0 Å². The Balaban J connectivity index is 1.62. The quantitative estimate of drug-likeness (QED) is 0.370. The molecule has 4 nitrogen and oxygen atoms in total. The van der Waals surface area contributed by atoms with E-state index < -0.39 is 20.5 Å². The maximum Gasteiger partial charge on any atom is 0.235 e. The van der Waals surface area contributed by atoms with E-state index in [0.717, 1.165) is 22.3 Å². The highest BCUT2D eigenvalue weighted by molar-refractivity contribution is 9.10. The van der Waals surface area contributed by atoms with Crippen LogP contribution in [0.5, 0.6) is 0 Å². The van der Waals surface area contributed by atoms with E-state index in [1.54, 1.807) is 18.4 Å². The summed E-state index contributed by atoms with van der Waals surface area (Å²) in [6, 6.07) is 19.7. The van der Waals surface area contributed by atoms with Gasteiger partial charge in [0.25, 0.3) is 0 Å². The van der Waals surface area contributed by atoms with Gasteiger partial charge in [-0.25, -0.2) is 0 Å². The molecule has 0 spiro atoms. The van der Waals surface area contributed by atoms with E-state index in [4.69, 9.17) is 4.42 Å². The lowest BCUT2D eigenvalue weighted by atomic mass is 9.54. The van der Waals surface area contributed by atoms with Gasteiger partial charge in [-0.15, -0.1) is 0 Å². The molecule has 2 heterocycles. The molecule has 144 valence electrons. The van der Waals surface area contributed by atoms with E-state index in [1.165, 1.54) is 4.90 Å². The number of imide groups is 1. The van der Waals surface area contributed by atoms with E-state index in [-0.39, 0.29) is 18.4 Å². The van der Waals surface area contributed by atoms with Gasteiger partial charge in [0.2, 0.25) is 11.8 Å². The molecule has 0 saturated carbocycles. The molecule has 2 aromatic carbocycles. The molecule has 4 aliphatic rings. The summed E-state index contributed by atoms with van der Waals surface area (Å²) in [4.78, 5) is 28.7. The van der Waals surface area contributed by atoms with Crippen LogP contribution >= 0.6 is 31.9 Å². The number of carbonyl (C=O) groups is 2.